The maximum atomic E-state index is 13.4. The number of amides is 1. The van der Waals surface area contributed by atoms with Gasteiger partial charge < -0.3 is 28.7 Å². The molecule has 214 valence electrons. The van der Waals surface area contributed by atoms with Crippen LogP contribution in [0.1, 0.15) is 38.3 Å². The first-order valence-electron chi connectivity index (χ1n) is 13.3. The monoisotopic (exact) mass is 557 g/mol. The molecule has 1 aliphatic heterocycles. The molecule has 1 heterocycles. The lowest BCUT2D eigenvalue weighted by Crippen LogP contribution is -2.63. The number of rotatable bonds is 13. The molecule has 2 aromatic rings. The van der Waals surface area contributed by atoms with Crippen molar-refractivity contribution in [1.29, 1.82) is 0 Å². The van der Waals surface area contributed by atoms with E-state index >= 15 is 0 Å². The molecule has 0 spiro atoms. The van der Waals surface area contributed by atoms with Gasteiger partial charge in [-0.1, -0.05) is 63.2 Å². The summed E-state index contributed by atoms with van der Waals surface area (Å²) in [5, 5.41) is 2.80. The van der Waals surface area contributed by atoms with E-state index in [1.54, 1.807) is 7.11 Å². The van der Waals surface area contributed by atoms with E-state index in [1.807, 2.05) is 54.6 Å². The van der Waals surface area contributed by atoms with Crippen molar-refractivity contribution in [3.63, 3.8) is 0 Å². The van der Waals surface area contributed by atoms with E-state index in [0.717, 1.165) is 16.9 Å². The van der Waals surface area contributed by atoms with Crippen molar-refractivity contribution >= 4 is 20.2 Å². The largest absolute Gasteiger partial charge is 0.497 e. The first kappa shape index (κ1) is 30.8. The van der Waals surface area contributed by atoms with Gasteiger partial charge in [-0.2, -0.15) is 0 Å². The van der Waals surface area contributed by atoms with Gasteiger partial charge in [-0.15, -0.1) is 0 Å². The van der Waals surface area contributed by atoms with Crippen molar-refractivity contribution in [3.8, 4) is 5.75 Å². The zero-order valence-electron chi connectivity index (χ0n) is 24.2. The maximum absolute atomic E-state index is 13.4. The predicted octanol–water partition coefficient (Wildman–Crippen LogP) is 4.87. The Kier molecular flexibility index (Phi) is 10.3. The Morgan fingerprint density at radius 3 is 2.15 bits per heavy atom. The number of carbonyl (C=O) groups excluding carboxylic acids is 2. The fraction of sp³-hybridized carbons (Fsp3) is 0.533. The van der Waals surface area contributed by atoms with Crippen LogP contribution in [0, 0.1) is 5.92 Å². The lowest BCUT2D eigenvalue weighted by atomic mass is 9.88. The second-order valence-corrected chi connectivity index (χ2v) is 16.3. The minimum Gasteiger partial charge on any atom is -0.497 e. The molecule has 0 radical (unpaired) electrons. The van der Waals surface area contributed by atoms with Crippen molar-refractivity contribution < 1.29 is 33.0 Å². The molecule has 0 unspecified atom stereocenters. The summed E-state index contributed by atoms with van der Waals surface area (Å²) in [6, 6.07) is 17.3. The number of methoxy groups -OCH3 is 2. The van der Waals surface area contributed by atoms with E-state index in [0.29, 0.717) is 19.6 Å². The molecule has 1 saturated heterocycles. The first-order valence-corrected chi connectivity index (χ1v) is 16.2. The van der Waals surface area contributed by atoms with E-state index in [9.17, 15) is 9.59 Å². The number of benzene rings is 2. The summed E-state index contributed by atoms with van der Waals surface area (Å²) in [6.07, 6.45) is -0.377. The third-order valence-electron chi connectivity index (χ3n) is 7.75. The number of carbonyl (C=O) groups is 2. The predicted molar refractivity (Wildman–Crippen MR) is 152 cm³/mol. The molecule has 3 atom stereocenters. The number of hydrogen-bond acceptors (Lipinski definition) is 7. The number of nitrogens with one attached hydrogen (secondary N) is 1. The molecule has 39 heavy (non-hydrogen) atoms. The quantitative estimate of drug-likeness (QED) is 0.213. The topological polar surface area (TPSA) is 92.3 Å². The third-order valence-corrected chi connectivity index (χ3v) is 12.2. The highest BCUT2D eigenvalue weighted by Crippen LogP contribution is 2.42. The van der Waals surface area contributed by atoms with Crippen LogP contribution in [0.4, 0.5) is 0 Å². The maximum Gasteiger partial charge on any atom is 0.336 e. The van der Waals surface area contributed by atoms with Gasteiger partial charge in [0.05, 0.1) is 46.1 Å². The normalized spacial score (nSPS) is 21.5. The third kappa shape index (κ3) is 7.48. The molecule has 0 saturated carbocycles. The smallest absolute Gasteiger partial charge is 0.336 e. The van der Waals surface area contributed by atoms with Crippen molar-refractivity contribution in [3.05, 3.63) is 65.7 Å². The highest BCUT2D eigenvalue weighted by Gasteiger charge is 2.61. The summed E-state index contributed by atoms with van der Waals surface area (Å²) in [5.41, 5.74) is 0.503. The van der Waals surface area contributed by atoms with E-state index in [2.05, 4.69) is 39.2 Å². The van der Waals surface area contributed by atoms with Gasteiger partial charge in [0.2, 0.25) is 5.91 Å². The lowest BCUT2D eigenvalue weighted by Gasteiger charge is -2.43. The summed E-state index contributed by atoms with van der Waals surface area (Å²) in [7, 11) is 0.539. The highest BCUT2D eigenvalue weighted by molar-refractivity contribution is 6.74. The number of hydrogen-bond donors (Lipinski definition) is 1. The minimum atomic E-state index is -2.41. The van der Waals surface area contributed by atoms with Gasteiger partial charge in [0.15, 0.2) is 13.9 Å². The second kappa shape index (κ2) is 13.1. The lowest BCUT2D eigenvalue weighted by molar-refractivity contribution is -0.156. The van der Waals surface area contributed by atoms with Crippen LogP contribution in [0.15, 0.2) is 54.6 Å². The summed E-state index contributed by atoms with van der Waals surface area (Å²) < 4.78 is 29.2. The van der Waals surface area contributed by atoms with Crippen LogP contribution in [-0.2, 0) is 41.4 Å². The standard InChI is InChI=1S/C30H43NO7Si/c1-29(2,3)39(6,7)38-26-25(17-18-36-19-23-13-15-24(34-4)16-14-23)27(32)31-30(26,28(33)35-5)21-37-20-22-11-9-8-10-12-22/h8-16,25-26H,17-21H2,1-7H3,(H,31,32)/t25-,26-,30+/m0/s1. The molecule has 2 aromatic carbocycles. The average Bonchev–Trinajstić information content (AvgIpc) is 3.16. The summed E-state index contributed by atoms with van der Waals surface area (Å²) >= 11 is 0. The highest BCUT2D eigenvalue weighted by atomic mass is 28.4. The van der Waals surface area contributed by atoms with Gasteiger partial charge in [-0.25, -0.2) is 4.79 Å². The summed E-state index contributed by atoms with van der Waals surface area (Å²) in [6.45, 7) is 11.5. The van der Waals surface area contributed by atoms with Crippen LogP contribution < -0.4 is 10.1 Å². The van der Waals surface area contributed by atoms with Crippen LogP contribution in [0.25, 0.3) is 0 Å². The van der Waals surface area contributed by atoms with Crippen LogP contribution in [0.2, 0.25) is 18.1 Å². The molecular formula is C30H43NO7Si. The molecule has 1 fully saturated rings. The van der Waals surface area contributed by atoms with Gasteiger partial charge in [0.25, 0.3) is 0 Å². The Morgan fingerprint density at radius 2 is 1.56 bits per heavy atom. The molecule has 0 aliphatic carbocycles. The molecule has 1 amide bonds. The molecule has 3 rings (SSSR count). The SMILES string of the molecule is COC(=O)[C@]1(COCc2ccccc2)NC(=O)[C@@H](CCOCc2ccc(OC)cc2)[C@@H]1O[Si](C)(C)C(C)(C)C. The van der Waals surface area contributed by atoms with E-state index < -0.39 is 31.8 Å². The second-order valence-electron chi connectivity index (χ2n) is 11.5. The summed E-state index contributed by atoms with van der Waals surface area (Å²) in [4.78, 5) is 26.8. The molecule has 0 bridgehead atoms. The zero-order chi connectivity index (χ0) is 28.7. The van der Waals surface area contributed by atoms with Gasteiger partial charge in [0.1, 0.15) is 5.75 Å². The van der Waals surface area contributed by atoms with E-state index in [1.165, 1.54) is 7.11 Å². The molecule has 1 aliphatic rings. The fourth-order valence-corrected chi connectivity index (χ4v) is 5.73. The summed E-state index contributed by atoms with van der Waals surface area (Å²) in [5.74, 6) is -0.662. The van der Waals surface area contributed by atoms with Crippen LogP contribution in [0.5, 0.6) is 5.75 Å². The molecule has 1 N–H and O–H groups in total. The Bertz CT molecular complexity index is 1080. The Hall–Kier alpha value is -2.72. The number of ether oxygens (including phenoxy) is 4. The van der Waals surface area contributed by atoms with Crippen molar-refractivity contribution in [2.75, 3.05) is 27.4 Å². The fourth-order valence-electron chi connectivity index (χ4n) is 4.38. The average molecular weight is 558 g/mol. The van der Waals surface area contributed by atoms with Crippen LogP contribution in [-0.4, -0.2) is 59.3 Å². The van der Waals surface area contributed by atoms with Crippen LogP contribution >= 0.6 is 0 Å². The van der Waals surface area contributed by atoms with Gasteiger partial charge in [-0.3, -0.25) is 4.79 Å². The Balaban J connectivity index is 1.80. The Morgan fingerprint density at radius 1 is 0.949 bits per heavy atom. The van der Waals surface area contributed by atoms with Crippen molar-refractivity contribution in [2.24, 2.45) is 5.92 Å². The first-order chi connectivity index (χ1) is 18.4. The van der Waals surface area contributed by atoms with Crippen LogP contribution in [0.3, 0.4) is 0 Å². The van der Waals surface area contributed by atoms with E-state index in [4.69, 9.17) is 23.4 Å². The molecule has 0 aromatic heterocycles. The Labute approximate surface area is 233 Å². The van der Waals surface area contributed by atoms with Gasteiger partial charge in [0, 0.05) is 6.61 Å². The van der Waals surface area contributed by atoms with Crippen molar-refractivity contribution in [1.82, 2.24) is 5.32 Å². The molecular weight excluding hydrogens is 514 g/mol. The molecule has 8 nitrogen and oxygen atoms in total. The van der Waals surface area contributed by atoms with Crippen molar-refractivity contribution in [2.45, 2.75) is 70.2 Å². The van der Waals surface area contributed by atoms with Gasteiger partial charge >= 0.3 is 5.97 Å². The zero-order valence-corrected chi connectivity index (χ0v) is 25.2. The van der Waals surface area contributed by atoms with E-state index in [-0.39, 0.29) is 24.2 Å². The minimum absolute atomic E-state index is 0.0667. The number of esters is 1. The molecule has 9 heteroatoms. The van der Waals surface area contributed by atoms with Gasteiger partial charge in [-0.05, 0) is 47.8 Å².